The molecule has 0 aromatic heterocycles. The lowest BCUT2D eigenvalue weighted by Gasteiger charge is -2.36. The number of nitrogens with one attached hydrogen (secondary N) is 2. The Hall–Kier alpha value is -3.88. The molecule has 1 fully saturated rings. The first-order valence-corrected chi connectivity index (χ1v) is 13.0. The summed E-state index contributed by atoms with van der Waals surface area (Å²) < 4.78 is 5.48. The van der Waals surface area contributed by atoms with Crippen LogP contribution in [0.1, 0.15) is 11.1 Å². The fraction of sp³-hybridized carbons (Fsp3) is 0.207. The van der Waals surface area contributed by atoms with Gasteiger partial charge in [0.05, 0.1) is 10.7 Å². The standard InChI is InChI=1S/C29H29ClN4O3S/c1-21-7-11-24(12-8-21)37-20-27(35)32-29(38)31-23-10-13-26(25(30)19-23)33-15-17-34(18-16-33)28(36)14-9-22-5-3-2-4-6-22/h2-14,19H,15-18,20H2,1H3,(H2,31,32,35,38)/b14-9+. The maximum absolute atomic E-state index is 12.6. The van der Waals surface area contributed by atoms with Gasteiger partial charge in [0.1, 0.15) is 5.75 Å². The van der Waals surface area contributed by atoms with Crippen LogP contribution in [-0.2, 0) is 9.59 Å². The van der Waals surface area contributed by atoms with E-state index in [1.54, 1.807) is 12.1 Å². The molecule has 9 heteroatoms. The molecule has 1 heterocycles. The number of amides is 2. The van der Waals surface area contributed by atoms with E-state index >= 15 is 0 Å². The molecule has 196 valence electrons. The number of halogens is 1. The van der Waals surface area contributed by atoms with Crippen LogP contribution in [0, 0.1) is 6.92 Å². The fourth-order valence-electron chi connectivity index (χ4n) is 3.95. The average Bonchev–Trinajstić information content (AvgIpc) is 2.92. The predicted molar refractivity (Wildman–Crippen MR) is 157 cm³/mol. The van der Waals surface area contributed by atoms with Crippen LogP contribution in [0.15, 0.2) is 78.9 Å². The number of benzene rings is 3. The number of carbonyl (C=O) groups is 2. The van der Waals surface area contributed by atoms with Crippen molar-refractivity contribution in [3.8, 4) is 5.75 Å². The minimum absolute atomic E-state index is 0.000951. The van der Waals surface area contributed by atoms with E-state index in [1.165, 1.54) is 0 Å². The van der Waals surface area contributed by atoms with Crippen molar-refractivity contribution >= 4 is 58.2 Å². The van der Waals surface area contributed by atoms with E-state index < -0.39 is 0 Å². The second-order valence-corrected chi connectivity index (χ2v) is 9.64. The highest BCUT2D eigenvalue weighted by molar-refractivity contribution is 7.80. The van der Waals surface area contributed by atoms with Gasteiger partial charge in [-0.15, -0.1) is 0 Å². The number of anilines is 2. The summed E-state index contributed by atoms with van der Waals surface area (Å²) in [5.74, 6) is 0.247. The van der Waals surface area contributed by atoms with E-state index in [9.17, 15) is 9.59 Å². The quantitative estimate of drug-likeness (QED) is 0.323. The minimum atomic E-state index is -0.364. The highest BCUT2D eigenvalue weighted by Crippen LogP contribution is 2.29. The summed E-state index contributed by atoms with van der Waals surface area (Å²) in [7, 11) is 0. The van der Waals surface area contributed by atoms with Crippen molar-refractivity contribution in [3.05, 3.63) is 95.0 Å². The van der Waals surface area contributed by atoms with Crippen molar-refractivity contribution < 1.29 is 14.3 Å². The van der Waals surface area contributed by atoms with Crippen LogP contribution in [0.2, 0.25) is 5.02 Å². The highest BCUT2D eigenvalue weighted by atomic mass is 35.5. The zero-order valence-corrected chi connectivity index (χ0v) is 22.6. The maximum Gasteiger partial charge on any atom is 0.264 e. The Morgan fingerprint density at radius 2 is 1.71 bits per heavy atom. The van der Waals surface area contributed by atoms with Gasteiger partial charge < -0.3 is 19.9 Å². The first-order valence-electron chi connectivity index (χ1n) is 12.2. The van der Waals surface area contributed by atoms with E-state index in [0.717, 1.165) is 16.8 Å². The Balaban J connectivity index is 1.23. The van der Waals surface area contributed by atoms with Crippen molar-refractivity contribution in [3.63, 3.8) is 0 Å². The Morgan fingerprint density at radius 1 is 1.00 bits per heavy atom. The fourth-order valence-corrected chi connectivity index (χ4v) is 4.49. The van der Waals surface area contributed by atoms with E-state index in [0.29, 0.717) is 42.6 Å². The van der Waals surface area contributed by atoms with Gasteiger partial charge >= 0.3 is 0 Å². The molecule has 0 unspecified atom stereocenters. The van der Waals surface area contributed by atoms with Gasteiger partial charge in [-0.25, -0.2) is 0 Å². The molecule has 7 nitrogen and oxygen atoms in total. The van der Waals surface area contributed by atoms with Crippen LogP contribution in [-0.4, -0.2) is 54.6 Å². The summed E-state index contributed by atoms with van der Waals surface area (Å²) in [4.78, 5) is 28.7. The minimum Gasteiger partial charge on any atom is -0.484 e. The van der Waals surface area contributed by atoms with Gasteiger partial charge in [-0.3, -0.25) is 14.9 Å². The molecule has 2 amide bonds. The summed E-state index contributed by atoms with van der Waals surface area (Å²) in [6.07, 6.45) is 3.45. The SMILES string of the molecule is Cc1ccc(OCC(=O)NC(=S)Nc2ccc(N3CCN(C(=O)/C=C/c4ccccc4)CC3)c(Cl)c2)cc1. The Labute approximate surface area is 233 Å². The molecule has 0 spiro atoms. The third-order valence-corrected chi connectivity index (χ3v) is 6.51. The number of hydrogen-bond donors (Lipinski definition) is 2. The molecule has 3 aromatic rings. The smallest absolute Gasteiger partial charge is 0.264 e. The lowest BCUT2D eigenvalue weighted by atomic mass is 10.2. The number of thiocarbonyl (C=S) groups is 1. The molecular weight excluding hydrogens is 520 g/mol. The number of carbonyl (C=O) groups excluding carboxylic acids is 2. The van der Waals surface area contributed by atoms with Gasteiger partial charge in [0.15, 0.2) is 11.7 Å². The number of piperazine rings is 1. The summed E-state index contributed by atoms with van der Waals surface area (Å²) in [5, 5.41) is 6.29. The monoisotopic (exact) mass is 548 g/mol. The Morgan fingerprint density at radius 3 is 2.39 bits per heavy atom. The number of hydrogen-bond acceptors (Lipinski definition) is 5. The van der Waals surface area contributed by atoms with Crippen LogP contribution < -0.4 is 20.3 Å². The van der Waals surface area contributed by atoms with E-state index in [1.807, 2.05) is 84.6 Å². The van der Waals surface area contributed by atoms with Gasteiger partial charge in [-0.05, 0) is 61.1 Å². The molecule has 4 rings (SSSR count). The lowest BCUT2D eigenvalue weighted by molar-refractivity contribution is -0.126. The number of aryl methyl sites for hydroxylation is 1. The van der Waals surface area contributed by atoms with E-state index in [-0.39, 0.29) is 23.5 Å². The van der Waals surface area contributed by atoms with Crippen LogP contribution >= 0.6 is 23.8 Å². The van der Waals surface area contributed by atoms with Crippen LogP contribution in [0.4, 0.5) is 11.4 Å². The third-order valence-electron chi connectivity index (χ3n) is 6.00. The zero-order chi connectivity index (χ0) is 26.9. The normalized spacial score (nSPS) is 13.3. The predicted octanol–water partition coefficient (Wildman–Crippen LogP) is 4.90. The summed E-state index contributed by atoms with van der Waals surface area (Å²) >= 11 is 11.8. The van der Waals surface area contributed by atoms with Gasteiger partial charge in [0, 0.05) is 37.9 Å². The van der Waals surface area contributed by atoms with Crippen molar-refractivity contribution in [1.29, 1.82) is 0 Å². The maximum atomic E-state index is 12.6. The molecule has 0 atom stereocenters. The van der Waals surface area contributed by atoms with Gasteiger partial charge in [-0.1, -0.05) is 59.6 Å². The zero-order valence-electron chi connectivity index (χ0n) is 21.0. The van der Waals surface area contributed by atoms with Crippen molar-refractivity contribution in [2.45, 2.75) is 6.92 Å². The van der Waals surface area contributed by atoms with E-state index in [2.05, 4.69) is 15.5 Å². The van der Waals surface area contributed by atoms with Crippen LogP contribution in [0.3, 0.4) is 0 Å². The number of rotatable bonds is 7. The molecule has 1 aliphatic heterocycles. The highest BCUT2D eigenvalue weighted by Gasteiger charge is 2.21. The van der Waals surface area contributed by atoms with Gasteiger partial charge in [-0.2, -0.15) is 0 Å². The molecule has 0 saturated carbocycles. The molecule has 0 aliphatic carbocycles. The molecule has 1 saturated heterocycles. The topological polar surface area (TPSA) is 73.9 Å². The lowest BCUT2D eigenvalue weighted by Crippen LogP contribution is -2.48. The van der Waals surface area contributed by atoms with Crippen molar-refractivity contribution in [2.24, 2.45) is 0 Å². The molecular formula is C29H29ClN4O3S. The molecule has 1 aliphatic rings. The second-order valence-electron chi connectivity index (χ2n) is 8.83. The summed E-state index contributed by atoms with van der Waals surface area (Å²) in [5.41, 5.74) is 3.64. The summed E-state index contributed by atoms with van der Waals surface area (Å²) in [6.45, 7) is 4.39. The van der Waals surface area contributed by atoms with Crippen LogP contribution in [0.5, 0.6) is 5.75 Å². The van der Waals surface area contributed by atoms with Crippen molar-refractivity contribution in [1.82, 2.24) is 10.2 Å². The Kier molecular flexibility index (Phi) is 9.35. The second kappa shape index (κ2) is 13.1. The molecule has 2 N–H and O–H groups in total. The molecule has 0 radical (unpaired) electrons. The molecule has 3 aromatic carbocycles. The van der Waals surface area contributed by atoms with E-state index in [4.69, 9.17) is 28.6 Å². The van der Waals surface area contributed by atoms with Gasteiger partial charge in [0.25, 0.3) is 5.91 Å². The van der Waals surface area contributed by atoms with Crippen LogP contribution in [0.25, 0.3) is 6.08 Å². The van der Waals surface area contributed by atoms with Crippen molar-refractivity contribution in [2.75, 3.05) is 43.0 Å². The first kappa shape index (κ1) is 27.2. The number of ether oxygens (including phenoxy) is 1. The number of nitrogens with zero attached hydrogens (tertiary/aromatic N) is 2. The first-order chi connectivity index (χ1) is 18.4. The molecule has 38 heavy (non-hydrogen) atoms. The summed E-state index contributed by atoms with van der Waals surface area (Å²) in [6, 6.07) is 22.7. The largest absolute Gasteiger partial charge is 0.484 e. The van der Waals surface area contributed by atoms with Gasteiger partial charge in [0.2, 0.25) is 5.91 Å². The average molecular weight is 549 g/mol. The third kappa shape index (κ3) is 7.81. The Bertz CT molecular complexity index is 1310. The molecule has 0 bridgehead atoms.